The Bertz CT molecular complexity index is 1260. The predicted molar refractivity (Wildman–Crippen MR) is 109 cm³/mol. The molecule has 1 aliphatic heterocycles. The lowest BCUT2D eigenvalue weighted by Crippen LogP contribution is -1.99. The van der Waals surface area contributed by atoms with Gasteiger partial charge >= 0.3 is 0 Å². The summed E-state index contributed by atoms with van der Waals surface area (Å²) in [4.78, 5) is 0. The van der Waals surface area contributed by atoms with Gasteiger partial charge in [-0.2, -0.15) is 5.26 Å². The first kappa shape index (κ1) is 15.7. The summed E-state index contributed by atoms with van der Waals surface area (Å²) in [5.41, 5.74) is 4.47. The maximum atomic E-state index is 9.39. The third-order valence-corrected chi connectivity index (χ3v) is 5.10. The van der Waals surface area contributed by atoms with E-state index in [1.165, 1.54) is 0 Å². The van der Waals surface area contributed by atoms with Crippen LogP contribution in [0.4, 0.5) is 11.4 Å². The van der Waals surface area contributed by atoms with Gasteiger partial charge in [0.05, 0.1) is 22.3 Å². The van der Waals surface area contributed by atoms with Crippen LogP contribution >= 0.6 is 11.6 Å². The second-order valence-electron chi connectivity index (χ2n) is 6.37. The largest absolute Gasteiger partial charge is 0.456 e. The van der Waals surface area contributed by atoms with Crippen molar-refractivity contribution in [1.29, 1.82) is 5.26 Å². The number of fused-ring (bicyclic) bond motifs is 2. The molecule has 4 heteroatoms. The SMILES string of the molecule is N#Cc1ccc2c3c(cccc13)-c1ccc(Nc3ccccc3Cl)cc1O2. The fourth-order valence-electron chi connectivity index (χ4n) is 3.52. The number of hydrogen-bond donors (Lipinski definition) is 1. The zero-order valence-corrected chi connectivity index (χ0v) is 14.9. The lowest BCUT2D eigenvalue weighted by molar-refractivity contribution is 0.487. The lowest BCUT2D eigenvalue weighted by Gasteiger charge is -2.22. The van der Waals surface area contributed by atoms with E-state index >= 15 is 0 Å². The Morgan fingerprint density at radius 1 is 0.852 bits per heavy atom. The number of nitrogens with one attached hydrogen (secondary N) is 1. The van der Waals surface area contributed by atoms with Crippen LogP contribution in [0.3, 0.4) is 0 Å². The van der Waals surface area contributed by atoms with Gasteiger partial charge in [0.25, 0.3) is 0 Å². The van der Waals surface area contributed by atoms with E-state index in [-0.39, 0.29) is 0 Å². The maximum absolute atomic E-state index is 9.39. The molecule has 0 unspecified atom stereocenters. The Hall–Kier alpha value is -3.48. The van der Waals surface area contributed by atoms with Crippen LogP contribution < -0.4 is 10.1 Å². The van der Waals surface area contributed by atoms with Gasteiger partial charge < -0.3 is 10.1 Å². The summed E-state index contributed by atoms with van der Waals surface area (Å²) < 4.78 is 6.18. The van der Waals surface area contributed by atoms with Gasteiger partial charge in [0.15, 0.2) is 0 Å². The molecule has 0 radical (unpaired) electrons. The quantitative estimate of drug-likeness (QED) is 0.369. The molecule has 0 aliphatic carbocycles. The summed E-state index contributed by atoms with van der Waals surface area (Å²) >= 11 is 6.25. The van der Waals surface area contributed by atoms with Crippen LogP contribution in [0, 0.1) is 11.3 Å². The van der Waals surface area contributed by atoms with Crippen LogP contribution in [-0.2, 0) is 0 Å². The monoisotopic (exact) mass is 368 g/mol. The molecule has 0 fully saturated rings. The summed E-state index contributed by atoms with van der Waals surface area (Å²) in [5.74, 6) is 1.54. The number of hydrogen-bond acceptors (Lipinski definition) is 3. The van der Waals surface area contributed by atoms with Crippen molar-refractivity contribution in [3.05, 3.63) is 83.4 Å². The zero-order chi connectivity index (χ0) is 18.4. The molecule has 27 heavy (non-hydrogen) atoms. The minimum Gasteiger partial charge on any atom is -0.456 e. The molecule has 0 bridgehead atoms. The first-order valence-electron chi connectivity index (χ1n) is 8.54. The van der Waals surface area contributed by atoms with Crippen molar-refractivity contribution in [2.75, 3.05) is 5.32 Å². The van der Waals surface area contributed by atoms with E-state index in [1.807, 2.05) is 60.7 Å². The molecule has 4 aromatic rings. The van der Waals surface area contributed by atoms with Crippen molar-refractivity contribution in [3.63, 3.8) is 0 Å². The fourth-order valence-corrected chi connectivity index (χ4v) is 3.71. The van der Waals surface area contributed by atoms with E-state index in [1.54, 1.807) is 6.07 Å². The summed E-state index contributed by atoms with van der Waals surface area (Å²) in [5, 5.41) is 15.3. The number of halogens is 1. The van der Waals surface area contributed by atoms with Crippen molar-refractivity contribution in [3.8, 4) is 28.7 Å². The molecule has 0 aromatic heterocycles. The van der Waals surface area contributed by atoms with Crippen molar-refractivity contribution >= 4 is 33.7 Å². The molecule has 5 rings (SSSR count). The van der Waals surface area contributed by atoms with E-state index in [4.69, 9.17) is 16.3 Å². The molecule has 0 saturated carbocycles. The Morgan fingerprint density at radius 3 is 2.59 bits per heavy atom. The van der Waals surface area contributed by atoms with Crippen LogP contribution in [0.1, 0.15) is 5.56 Å². The predicted octanol–water partition coefficient (Wildman–Crippen LogP) is 6.88. The van der Waals surface area contributed by atoms with Gasteiger partial charge in [-0.25, -0.2) is 0 Å². The average molecular weight is 369 g/mol. The van der Waals surface area contributed by atoms with Gasteiger partial charge in [-0.05, 0) is 42.0 Å². The number of nitrogens with zero attached hydrogens (tertiary/aromatic N) is 1. The van der Waals surface area contributed by atoms with Crippen molar-refractivity contribution < 1.29 is 4.74 Å². The van der Waals surface area contributed by atoms with Gasteiger partial charge in [0.2, 0.25) is 0 Å². The highest BCUT2D eigenvalue weighted by atomic mass is 35.5. The maximum Gasteiger partial charge on any atom is 0.137 e. The number of ether oxygens (including phenoxy) is 1. The molecular weight excluding hydrogens is 356 g/mol. The normalized spacial score (nSPS) is 11.4. The minimum absolute atomic E-state index is 0.652. The lowest BCUT2D eigenvalue weighted by atomic mass is 9.92. The Balaban J connectivity index is 1.64. The molecule has 128 valence electrons. The highest BCUT2D eigenvalue weighted by Crippen LogP contribution is 2.48. The van der Waals surface area contributed by atoms with Crippen LogP contribution in [0.25, 0.3) is 21.9 Å². The minimum atomic E-state index is 0.652. The van der Waals surface area contributed by atoms with Gasteiger partial charge in [-0.1, -0.05) is 41.9 Å². The zero-order valence-electron chi connectivity index (χ0n) is 14.2. The molecule has 0 atom stereocenters. The average Bonchev–Trinajstić information content (AvgIpc) is 2.70. The number of rotatable bonds is 2. The molecule has 3 nitrogen and oxygen atoms in total. The summed E-state index contributed by atoms with van der Waals surface area (Å²) in [7, 11) is 0. The second kappa shape index (κ2) is 6.05. The third-order valence-electron chi connectivity index (χ3n) is 4.77. The number of benzene rings is 4. The summed E-state index contributed by atoms with van der Waals surface area (Å²) in [6.45, 7) is 0. The third kappa shape index (κ3) is 2.51. The van der Waals surface area contributed by atoms with Gasteiger partial charge in [-0.3, -0.25) is 0 Å². The smallest absolute Gasteiger partial charge is 0.137 e. The van der Waals surface area contributed by atoms with E-state index in [0.29, 0.717) is 10.6 Å². The fraction of sp³-hybridized carbons (Fsp3) is 0. The molecule has 1 N–H and O–H groups in total. The molecule has 1 heterocycles. The topological polar surface area (TPSA) is 45.0 Å². The van der Waals surface area contributed by atoms with E-state index in [9.17, 15) is 5.26 Å². The van der Waals surface area contributed by atoms with Crippen molar-refractivity contribution in [1.82, 2.24) is 0 Å². The Morgan fingerprint density at radius 2 is 1.74 bits per heavy atom. The summed E-state index contributed by atoms with van der Waals surface area (Å²) in [6, 6.07) is 25.6. The molecule has 0 spiro atoms. The van der Waals surface area contributed by atoms with E-state index < -0.39 is 0 Å². The van der Waals surface area contributed by atoms with Crippen molar-refractivity contribution in [2.24, 2.45) is 0 Å². The standard InChI is InChI=1S/C23H13ClN2O/c24-19-6-1-2-7-20(19)26-15-9-10-17-18-5-3-4-16-14(13-25)8-11-21(23(16)18)27-22(17)12-15/h1-12,26H. The van der Waals surface area contributed by atoms with E-state index in [2.05, 4.69) is 17.5 Å². The van der Waals surface area contributed by atoms with Crippen LogP contribution in [-0.4, -0.2) is 0 Å². The van der Waals surface area contributed by atoms with Crippen LogP contribution in [0.15, 0.2) is 72.8 Å². The Kier molecular flexibility index (Phi) is 3.53. The molecule has 4 aromatic carbocycles. The molecular formula is C23H13ClN2O. The van der Waals surface area contributed by atoms with Crippen LogP contribution in [0.2, 0.25) is 5.02 Å². The second-order valence-corrected chi connectivity index (χ2v) is 6.78. The Labute approximate surface area is 161 Å². The van der Waals surface area contributed by atoms with Gasteiger partial charge in [0.1, 0.15) is 11.5 Å². The highest BCUT2D eigenvalue weighted by molar-refractivity contribution is 6.33. The van der Waals surface area contributed by atoms with E-state index in [0.717, 1.165) is 44.8 Å². The first-order valence-corrected chi connectivity index (χ1v) is 8.92. The molecule has 0 amide bonds. The number of nitriles is 1. The van der Waals surface area contributed by atoms with Gasteiger partial charge in [0, 0.05) is 28.1 Å². The first-order chi connectivity index (χ1) is 13.2. The summed E-state index contributed by atoms with van der Waals surface area (Å²) in [6.07, 6.45) is 0. The highest BCUT2D eigenvalue weighted by Gasteiger charge is 2.21. The van der Waals surface area contributed by atoms with Gasteiger partial charge in [-0.15, -0.1) is 0 Å². The molecule has 1 aliphatic rings. The molecule has 0 saturated heterocycles. The number of anilines is 2. The van der Waals surface area contributed by atoms with Crippen molar-refractivity contribution in [2.45, 2.75) is 0 Å². The van der Waals surface area contributed by atoms with Crippen LogP contribution in [0.5, 0.6) is 11.5 Å². The number of para-hydroxylation sites is 1.